The van der Waals surface area contributed by atoms with E-state index >= 15 is 0 Å². The summed E-state index contributed by atoms with van der Waals surface area (Å²) in [5, 5.41) is 2.41. The summed E-state index contributed by atoms with van der Waals surface area (Å²) < 4.78 is 25.9. The molecule has 0 radical (unpaired) electrons. The normalized spacial score (nSPS) is 11.6. The van der Waals surface area contributed by atoms with Gasteiger partial charge in [-0.3, -0.25) is 4.79 Å². The zero-order chi connectivity index (χ0) is 14.6. The van der Waals surface area contributed by atoms with Crippen molar-refractivity contribution >= 4 is 21.6 Å². The van der Waals surface area contributed by atoms with Crippen molar-refractivity contribution in [2.24, 2.45) is 0 Å². The Balaban J connectivity index is 3.16. The smallest absolute Gasteiger partial charge is 0.243 e. The number of hydrogen-bond donors (Lipinski definition) is 2. The molecule has 1 rings (SSSR count). The lowest BCUT2D eigenvalue weighted by Crippen LogP contribution is -2.39. The Hall–Kier alpha value is -1.60. The number of nitrogens with two attached hydrogens (primary N) is 1. The number of carbonyl (C=O) groups is 1. The van der Waals surface area contributed by atoms with Crippen LogP contribution in [0.2, 0.25) is 0 Å². The average molecular weight is 285 g/mol. The minimum Gasteiger partial charge on any atom is -0.399 e. The number of carbonyl (C=O) groups excluding carboxylic acids is 1. The molecular weight excluding hydrogens is 266 g/mol. The number of hydrogen-bond acceptors (Lipinski definition) is 4. The molecular formula is C12H19N3O3S. The van der Waals surface area contributed by atoms with Crippen LogP contribution >= 0.6 is 0 Å². The van der Waals surface area contributed by atoms with E-state index in [2.05, 4.69) is 5.32 Å². The molecule has 0 atom stereocenters. The Morgan fingerprint density at radius 1 is 1.37 bits per heavy atom. The first-order chi connectivity index (χ1) is 8.81. The fraction of sp³-hybridized carbons (Fsp3) is 0.417. The van der Waals surface area contributed by atoms with E-state index < -0.39 is 10.0 Å². The van der Waals surface area contributed by atoms with Crippen molar-refractivity contribution in [2.45, 2.75) is 18.7 Å². The van der Waals surface area contributed by atoms with E-state index in [4.69, 9.17) is 5.73 Å². The first-order valence-electron chi connectivity index (χ1n) is 5.89. The van der Waals surface area contributed by atoms with Gasteiger partial charge >= 0.3 is 0 Å². The number of likely N-dealkylation sites (N-methyl/N-ethyl adjacent to an activating group) is 2. The second kappa shape index (κ2) is 6.03. The van der Waals surface area contributed by atoms with Crippen LogP contribution in [0, 0.1) is 6.92 Å². The third kappa shape index (κ3) is 3.68. The molecule has 0 aliphatic carbocycles. The van der Waals surface area contributed by atoms with E-state index in [1.54, 1.807) is 19.9 Å². The van der Waals surface area contributed by atoms with E-state index in [0.717, 1.165) is 9.87 Å². The summed E-state index contributed by atoms with van der Waals surface area (Å²) in [5.74, 6) is -0.356. The van der Waals surface area contributed by atoms with Crippen molar-refractivity contribution in [1.82, 2.24) is 9.62 Å². The maximum Gasteiger partial charge on any atom is 0.243 e. The van der Waals surface area contributed by atoms with E-state index in [9.17, 15) is 13.2 Å². The van der Waals surface area contributed by atoms with E-state index in [1.807, 2.05) is 0 Å². The van der Waals surface area contributed by atoms with E-state index in [-0.39, 0.29) is 23.9 Å². The van der Waals surface area contributed by atoms with Gasteiger partial charge in [-0.1, -0.05) is 6.92 Å². The van der Waals surface area contributed by atoms with Gasteiger partial charge in [0.25, 0.3) is 0 Å². The van der Waals surface area contributed by atoms with Gasteiger partial charge in [-0.15, -0.1) is 0 Å². The predicted molar refractivity (Wildman–Crippen MR) is 74.1 cm³/mol. The number of sulfonamides is 1. The molecule has 1 amide bonds. The minimum atomic E-state index is -3.71. The largest absolute Gasteiger partial charge is 0.399 e. The summed E-state index contributed by atoms with van der Waals surface area (Å²) >= 11 is 0. The number of nitrogens with one attached hydrogen (secondary N) is 1. The van der Waals surface area contributed by atoms with Gasteiger partial charge in [0.2, 0.25) is 15.9 Å². The summed E-state index contributed by atoms with van der Waals surface area (Å²) in [6.07, 6.45) is 0. The molecule has 0 heterocycles. The highest BCUT2D eigenvalue weighted by molar-refractivity contribution is 7.89. The number of aryl methyl sites for hydroxylation is 1. The van der Waals surface area contributed by atoms with Crippen molar-refractivity contribution in [2.75, 3.05) is 25.9 Å². The van der Waals surface area contributed by atoms with Crippen molar-refractivity contribution in [1.29, 1.82) is 0 Å². The fourth-order valence-electron chi connectivity index (χ4n) is 1.68. The molecule has 0 saturated carbocycles. The van der Waals surface area contributed by atoms with Gasteiger partial charge in [-0.2, -0.15) is 4.31 Å². The molecule has 0 aliphatic rings. The number of nitrogen functional groups attached to an aromatic ring is 1. The van der Waals surface area contributed by atoms with Crippen molar-refractivity contribution < 1.29 is 13.2 Å². The number of nitrogens with zero attached hydrogens (tertiary/aromatic N) is 1. The highest BCUT2D eigenvalue weighted by atomic mass is 32.2. The summed E-state index contributed by atoms with van der Waals surface area (Å²) in [6, 6.07) is 4.63. The third-order valence-electron chi connectivity index (χ3n) is 2.66. The van der Waals surface area contributed by atoms with Crippen molar-refractivity contribution in [3.8, 4) is 0 Å². The maximum atomic E-state index is 12.4. The first-order valence-corrected chi connectivity index (χ1v) is 7.33. The molecule has 0 saturated heterocycles. The van der Waals surface area contributed by atoms with Crippen LogP contribution in [0.25, 0.3) is 0 Å². The minimum absolute atomic E-state index is 0.107. The van der Waals surface area contributed by atoms with Crippen LogP contribution in [-0.4, -0.2) is 38.8 Å². The van der Waals surface area contributed by atoms with Gasteiger partial charge in [0.15, 0.2) is 0 Å². The molecule has 1 aromatic rings. The zero-order valence-electron chi connectivity index (χ0n) is 11.3. The van der Waals surface area contributed by atoms with Crippen molar-refractivity contribution in [3.05, 3.63) is 23.8 Å². The summed E-state index contributed by atoms with van der Waals surface area (Å²) in [5.41, 5.74) is 6.81. The molecule has 0 aromatic heterocycles. The standard InChI is InChI=1S/C12H19N3O3S/c1-4-15(8-12(16)14-3)19(17,18)11-6-9(2)5-10(13)7-11/h5-7H,4,8,13H2,1-3H3,(H,14,16). The molecule has 7 heteroatoms. The quantitative estimate of drug-likeness (QED) is 0.763. The second-order valence-electron chi connectivity index (χ2n) is 4.18. The van der Waals surface area contributed by atoms with Crippen LogP contribution < -0.4 is 11.1 Å². The van der Waals surface area contributed by atoms with Crippen LogP contribution in [0.5, 0.6) is 0 Å². The lowest BCUT2D eigenvalue weighted by molar-refractivity contribution is -0.120. The van der Waals surface area contributed by atoms with Crippen LogP contribution in [0.4, 0.5) is 5.69 Å². The molecule has 6 nitrogen and oxygen atoms in total. The van der Waals surface area contributed by atoms with Crippen LogP contribution in [0.15, 0.2) is 23.1 Å². The first kappa shape index (κ1) is 15.5. The number of anilines is 1. The Morgan fingerprint density at radius 3 is 2.47 bits per heavy atom. The molecule has 0 fully saturated rings. The van der Waals surface area contributed by atoms with Crippen molar-refractivity contribution in [3.63, 3.8) is 0 Å². The van der Waals surface area contributed by atoms with Crippen LogP contribution in [0.3, 0.4) is 0 Å². The summed E-state index contributed by atoms with van der Waals surface area (Å²) in [6.45, 7) is 3.46. The zero-order valence-corrected chi connectivity index (χ0v) is 12.1. The molecule has 1 aromatic carbocycles. The maximum absolute atomic E-state index is 12.4. The summed E-state index contributed by atoms with van der Waals surface area (Å²) in [7, 11) is -2.24. The molecule has 19 heavy (non-hydrogen) atoms. The molecule has 0 bridgehead atoms. The third-order valence-corrected chi connectivity index (χ3v) is 4.56. The number of rotatable bonds is 5. The Bertz CT molecular complexity index is 549. The molecule has 0 aliphatic heterocycles. The predicted octanol–water partition coefficient (Wildman–Crippen LogP) is 0.334. The van der Waals surface area contributed by atoms with Gasteiger partial charge in [-0.05, 0) is 30.7 Å². The van der Waals surface area contributed by atoms with Gasteiger partial charge in [0.05, 0.1) is 11.4 Å². The lowest BCUT2D eigenvalue weighted by atomic mass is 10.2. The molecule has 0 unspecified atom stereocenters. The SMILES string of the molecule is CCN(CC(=O)NC)S(=O)(=O)c1cc(C)cc(N)c1. The molecule has 3 N–H and O–H groups in total. The Labute approximate surface area is 113 Å². The number of amides is 1. The summed E-state index contributed by atoms with van der Waals surface area (Å²) in [4.78, 5) is 11.5. The molecule has 0 spiro atoms. The van der Waals surface area contributed by atoms with Crippen LogP contribution in [-0.2, 0) is 14.8 Å². The van der Waals surface area contributed by atoms with E-state index in [1.165, 1.54) is 19.2 Å². The highest BCUT2D eigenvalue weighted by Gasteiger charge is 2.25. The average Bonchev–Trinajstić information content (AvgIpc) is 2.34. The monoisotopic (exact) mass is 285 g/mol. The molecule has 106 valence electrons. The number of benzene rings is 1. The van der Waals surface area contributed by atoms with Gasteiger partial charge in [0.1, 0.15) is 0 Å². The lowest BCUT2D eigenvalue weighted by Gasteiger charge is -2.20. The highest BCUT2D eigenvalue weighted by Crippen LogP contribution is 2.20. The topological polar surface area (TPSA) is 92.5 Å². The van der Waals surface area contributed by atoms with Crippen LogP contribution in [0.1, 0.15) is 12.5 Å². The Kier molecular flexibility index (Phi) is 4.90. The fourth-order valence-corrected chi connectivity index (χ4v) is 3.23. The Morgan fingerprint density at radius 2 is 2.00 bits per heavy atom. The van der Waals surface area contributed by atoms with Gasteiger partial charge < -0.3 is 11.1 Å². The van der Waals surface area contributed by atoms with Gasteiger partial charge in [0, 0.05) is 19.3 Å². The van der Waals surface area contributed by atoms with E-state index in [0.29, 0.717) is 5.69 Å². The van der Waals surface area contributed by atoms with Gasteiger partial charge in [-0.25, -0.2) is 8.42 Å². The second-order valence-corrected chi connectivity index (χ2v) is 6.12.